The maximum absolute atomic E-state index is 11.6. The number of likely N-dealkylation sites (N-methyl/N-ethyl adjacent to an activating group) is 1. The SMILES string of the molecule is Cc1csc(=O)n1CCN(C)Cc1ccccc1. The van der Waals surface area contributed by atoms with Crippen molar-refractivity contribution >= 4 is 11.3 Å². The molecule has 0 bridgehead atoms. The maximum Gasteiger partial charge on any atom is 0.307 e. The first-order valence-corrected chi connectivity index (χ1v) is 6.92. The van der Waals surface area contributed by atoms with Crippen LogP contribution in [0, 0.1) is 6.92 Å². The lowest BCUT2D eigenvalue weighted by Gasteiger charge is -2.17. The Morgan fingerprint density at radius 2 is 2.00 bits per heavy atom. The van der Waals surface area contributed by atoms with E-state index in [1.54, 1.807) is 0 Å². The Kier molecular flexibility index (Phi) is 4.33. The molecule has 0 saturated heterocycles. The molecular formula is C14H18N2OS. The lowest BCUT2D eigenvalue weighted by Crippen LogP contribution is -2.26. The van der Waals surface area contributed by atoms with E-state index in [0.29, 0.717) is 0 Å². The maximum atomic E-state index is 11.6. The van der Waals surface area contributed by atoms with E-state index >= 15 is 0 Å². The largest absolute Gasteiger partial charge is 0.307 e. The second-order valence-corrected chi connectivity index (χ2v) is 5.34. The van der Waals surface area contributed by atoms with Crippen molar-refractivity contribution in [2.45, 2.75) is 20.0 Å². The molecule has 0 aliphatic heterocycles. The Labute approximate surface area is 111 Å². The van der Waals surface area contributed by atoms with E-state index in [9.17, 15) is 4.79 Å². The number of aromatic nitrogens is 1. The molecule has 1 heterocycles. The van der Waals surface area contributed by atoms with E-state index in [1.165, 1.54) is 16.9 Å². The minimum Gasteiger partial charge on any atom is -0.302 e. The summed E-state index contributed by atoms with van der Waals surface area (Å²) in [6, 6.07) is 10.4. The number of benzene rings is 1. The van der Waals surface area contributed by atoms with Crippen LogP contribution in [-0.4, -0.2) is 23.1 Å². The van der Waals surface area contributed by atoms with Crippen molar-refractivity contribution in [1.29, 1.82) is 0 Å². The molecule has 4 heteroatoms. The molecule has 0 amide bonds. The summed E-state index contributed by atoms with van der Waals surface area (Å²) < 4.78 is 1.84. The number of thiazole rings is 1. The zero-order chi connectivity index (χ0) is 13.0. The van der Waals surface area contributed by atoms with Crippen molar-refractivity contribution in [2.75, 3.05) is 13.6 Å². The van der Waals surface area contributed by atoms with Crippen molar-refractivity contribution in [3.05, 3.63) is 56.6 Å². The molecule has 0 spiro atoms. The van der Waals surface area contributed by atoms with Gasteiger partial charge in [-0.05, 0) is 19.5 Å². The molecular weight excluding hydrogens is 244 g/mol. The molecule has 1 aromatic heterocycles. The summed E-state index contributed by atoms with van der Waals surface area (Å²) in [4.78, 5) is 13.9. The van der Waals surface area contributed by atoms with Crippen LogP contribution >= 0.6 is 11.3 Å². The molecule has 0 atom stereocenters. The third kappa shape index (κ3) is 3.31. The molecule has 0 aliphatic carbocycles. The Balaban J connectivity index is 1.89. The molecule has 0 radical (unpaired) electrons. The molecule has 0 saturated carbocycles. The van der Waals surface area contributed by atoms with Crippen LogP contribution in [0.3, 0.4) is 0 Å². The summed E-state index contributed by atoms with van der Waals surface area (Å²) in [6.07, 6.45) is 0. The monoisotopic (exact) mass is 262 g/mol. The molecule has 3 nitrogen and oxygen atoms in total. The van der Waals surface area contributed by atoms with Crippen molar-refractivity contribution in [1.82, 2.24) is 9.47 Å². The standard InChI is InChI=1S/C14H18N2OS/c1-12-11-18-14(17)16(12)9-8-15(2)10-13-6-4-3-5-7-13/h3-7,11H,8-10H2,1-2H3. The number of aryl methyl sites for hydroxylation is 1. The molecule has 2 rings (SSSR count). The van der Waals surface area contributed by atoms with Crippen LogP contribution < -0.4 is 4.87 Å². The third-order valence-corrected chi connectivity index (χ3v) is 3.86. The van der Waals surface area contributed by atoms with Crippen LogP contribution in [0.2, 0.25) is 0 Å². The molecule has 0 N–H and O–H groups in total. The number of nitrogens with zero attached hydrogens (tertiary/aromatic N) is 2. The lowest BCUT2D eigenvalue weighted by molar-refractivity contribution is 0.309. The minimum atomic E-state index is 0.139. The van der Waals surface area contributed by atoms with Gasteiger partial charge in [-0.1, -0.05) is 41.7 Å². The first-order valence-electron chi connectivity index (χ1n) is 6.04. The van der Waals surface area contributed by atoms with Crippen LogP contribution in [-0.2, 0) is 13.1 Å². The highest BCUT2D eigenvalue weighted by Crippen LogP contribution is 2.04. The van der Waals surface area contributed by atoms with Gasteiger partial charge in [0.25, 0.3) is 0 Å². The van der Waals surface area contributed by atoms with Crippen LogP contribution in [0.15, 0.2) is 40.5 Å². The molecule has 2 aromatic rings. The predicted octanol–water partition coefficient (Wildman–Crippen LogP) is 2.35. The van der Waals surface area contributed by atoms with E-state index in [1.807, 2.05) is 22.9 Å². The summed E-state index contributed by atoms with van der Waals surface area (Å²) in [5, 5.41) is 1.92. The molecule has 1 aromatic carbocycles. The molecule has 96 valence electrons. The van der Waals surface area contributed by atoms with Gasteiger partial charge in [-0.2, -0.15) is 0 Å². The van der Waals surface area contributed by atoms with E-state index in [4.69, 9.17) is 0 Å². The lowest BCUT2D eigenvalue weighted by atomic mass is 10.2. The second kappa shape index (κ2) is 5.98. The van der Waals surface area contributed by atoms with Crippen molar-refractivity contribution < 1.29 is 0 Å². The highest BCUT2D eigenvalue weighted by Gasteiger charge is 2.04. The van der Waals surface area contributed by atoms with E-state index in [2.05, 4.69) is 36.2 Å². The van der Waals surface area contributed by atoms with Crippen LogP contribution in [0.25, 0.3) is 0 Å². The average molecular weight is 262 g/mol. The smallest absolute Gasteiger partial charge is 0.302 e. The zero-order valence-corrected chi connectivity index (χ0v) is 11.6. The predicted molar refractivity (Wildman–Crippen MR) is 76.1 cm³/mol. The van der Waals surface area contributed by atoms with Gasteiger partial charge < -0.3 is 9.47 Å². The van der Waals surface area contributed by atoms with Gasteiger partial charge in [-0.3, -0.25) is 4.79 Å². The minimum absolute atomic E-state index is 0.139. The van der Waals surface area contributed by atoms with E-state index in [-0.39, 0.29) is 4.87 Å². The average Bonchev–Trinajstić information content (AvgIpc) is 2.68. The van der Waals surface area contributed by atoms with Crippen LogP contribution in [0.4, 0.5) is 0 Å². The summed E-state index contributed by atoms with van der Waals surface area (Å²) in [6.45, 7) is 4.54. The fourth-order valence-electron chi connectivity index (χ4n) is 1.92. The number of rotatable bonds is 5. The van der Waals surface area contributed by atoms with Crippen molar-refractivity contribution in [3.8, 4) is 0 Å². The highest BCUT2D eigenvalue weighted by atomic mass is 32.1. The van der Waals surface area contributed by atoms with E-state index < -0.39 is 0 Å². The van der Waals surface area contributed by atoms with E-state index in [0.717, 1.165) is 25.3 Å². The fourth-order valence-corrected chi connectivity index (χ4v) is 2.68. The number of hydrogen-bond acceptors (Lipinski definition) is 3. The van der Waals surface area contributed by atoms with Gasteiger partial charge in [0.2, 0.25) is 0 Å². The quantitative estimate of drug-likeness (QED) is 0.826. The van der Waals surface area contributed by atoms with Gasteiger partial charge in [0.05, 0.1) is 0 Å². The van der Waals surface area contributed by atoms with Gasteiger partial charge in [0.15, 0.2) is 0 Å². The highest BCUT2D eigenvalue weighted by molar-refractivity contribution is 7.07. The van der Waals surface area contributed by atoms with Gasteiger partial charge in [0.1, 0.15) is 0 Å². The van der Waals surface area contributed by atoms with Gasteiger partial charge in [-0.25, -0.2) is 0 Å². The van der Waals surface area contributed by atoms with Gasteiger partial charge >= 0.3 is 4.87 Å². The first kappa shape index (κ1) is 13.1. The fraction of sp³-hybridized carbons (Fsp3) is 0.357. The van der Waals surface area contributed by atoms with Crippen molar-refractivity contribution in [3.63, 3.8) is 0 Å². The topological polar surface area (TPSA) is 25.2 Å². The van der Waals surface area contributed by atoms with Crippen molar-refractivity contribution in [2.24, 2.45) is 0 Å². The Morgan fingerprint density at radius 3 is 2.61 bits per heavy atom. The summed E-state index contributed by atoms with van der Waals surface area (Å²) >= 11 is 1.28. The molecule has 0 unspecified atom stereocenters. The Morgan fingerprint density at radius 1 is 1.28 bits per heavy atom. The number of hydrogen-bond donors (Lipinski definition) is 0. The zero-order valence-electron chi connectivity index (χ0n) is 10.8. The van der Waals surface area contributed by atoms with Gasteiger partial charge in [0, 0.05) is 30.7 Å². The normalized spacial score (nSPS) is 11.1. The van der Waals surface area contributed by atoms with Gasteiger partial charge in [-0.15, -0.1) is 0 Å². The third-order valence-electron chi connectivity index (χ3n) is 2.98. The van der Waals surface area contributed by atoms with Crippen LogP contribution in [0.1, 0.15) is 11.3 Å². The summed E-state index contributed by atoms with van der Waals surface area (Å²) in [7, 11) is 2.08. The molecule has 18 heavy (non-hydrogen) atoms. The Hall–Kier alpha value is -1.39. The molecule has 0 fully saturated rings. The Bertz CT molecular complexity index is 544. The van der Waals surface area contributed by atoms with Crippen LogP contribution in [0.5, 0.6) is 0 Å². The molecule has 0 aliphatic rings. The first-order chi connectivity index (χ1) is 8.66. The second-order valence-electron chi connectivity index (χ2n) is 4.52. The summed E-state index contributed by atoms with van der Waals surface area (Å²) in [5.41, 5.74) is 2.35. The summed E-state index contributed by atoms with van der Waals surface area (Å²) in [5.74, 6) is 0.